The van der Waals surface area contributed by atoms with Crippen molar-refractivity contribution in [3.8, 4) is 0 Å². The Bertz CT molecular complexity index is 209. The number of nitrogens with two attached hydrogens (primary N) is 1. The van der Waals surface area contributed by atoms with Crippen molar-refractivity contribution in [3.05, 3.63) is 11.8 Å². The molecule has 1 fully saturated rings. The molecule has 1 heterocycles. The molecule has 5 heteroatoms. The van der Waals surface area contributed by atoms with Crippen molar-refractivity contribution in [3.63, 3.8) is 0 Å². The number of hydrogen-bond donors (Lipinski definition) is 2. The minimum absolute atomic E-state index is 0.274. The molecule has 1 saturated heterocycles. The predicted octanol–water partition coefficient (Wildman–Crippen LogP) is -0.788. The minimum Gasteiger partial charge on any atom is -0.378 e. The van der Waals surface area contributed by atoms with E-state index in [9.17, 15) is 4.79 Å². The third kappa shape index (κ3) is 3.04. The van der Waals surface area contributed by atoms with E-state index in [1.165, 1.54) is 6.08 Å². The van der Waals surface area contributed by atoms with Gasteiger partial charge in [0.05, 0.1) is 13.2 Å². The highest BCUT2D eigenvalue weighted by Crippen LogP contribution is 2.05. The largest absolute Gasteiger partial charge is 0.378 e. The van der Waals surface area contributed by atoms with E-state index in [0.717, 1.165) is 32.0 Å². The second-order valence-corrected chi connectivity index (χ2v) is 2.89. The van der Waals surface area contributed by atoms with Gasteiger partial charge in [0, 0.05) is 24.9 Å². The van der Waals surface area contributed by atoms with Crippen LogP contribution in [0.4, 0.5) is 0 Å². The first-order valence-electron chi connectivity index (χ1n) is 4.25. The first kappa shape index (κ1) is 10.0. The van der Waals surface area contributed by atoms with Crippen LogP contribution in [0.3, 0.4) is 0 Å². The fourth-order valence-corrected chi connectivity index (χ4v) is 1.24. The van der Waals surface area contributed by atoms with Gasteiger partial charge in [0.15, 0.2) is 0 Å². The van der Waals surface area contributed by atoms with Crippen molar-refractivity contribution >= 4 is 5.91 Å². The summed E-state index contributed by atoms with van der Waals surface area (Å²) in [5.41, 5.74) is 2.98. The highest BCUT2D eigenvalue weighted by atomic mass is 16.5. The van der Waals surface area contributed by atoms with Crippen LogP contribution in [0.5, 0.6) is 0 Å². The number of rotatable bonds is 2. The Balaban J connectivity index is 2.49. The van der Waals surface area contributed by atoms with Crippen LogP contribution in [0.1, 0.15) is 6.92 Å². The topological polar surface area (TPSA) is 67.6 Å². The molecule has 0 spiro atoms. The molecule has 0 unspecified atom stereocenters. The number of ether oxygens (including phenoxy) is 1. The molecule has 0 aromatic carbocycles. The van der Waals surface area contributed by atoms with Gasteiger partial charge in [-0.2, -0.15) is 0 Å². The maximum Gasteiger partial charge on any atom is 0.259 e. The number of hydrazine groups is 1. The first-order chi connectivity index (χ1) is 6.24. The molecule has 0 aromatic heterocycles. The fourth-order valence-electron chi connectivity index (χ4n) is 1.24. The van der Waals surface area contributed by atoms with Gasteiger partial charge in [0.25, 0.3) is 5.91 Å². The summed E-state index contributed by atoms with van der Waals surface area (Å²) >= 11 is 0. The summed E-state index contributed by atoms with van der Waals surface area (Å²) in [4.78, 5) is 13.0. The number of allylic oxidation sites excluding steroid dienone is 1. The van der Waals surface area contributed by atoms with Crippen molar-refractivity contribution in [2.75, 3.05) is 26.3 Å². The van der Waals surface area contributed by atoms with E-state index < -0.39 is 0 Å². The lowest BCUT2D eigenvalue weighted by Crippen LogP contribution is -2.36. The Hall–Kier alpha value is -1.07. The maximum atomic E-state index is 10.9. The number of carbonyl (C=O) groups is 1. The normalized spacial score (nSPS) is 18.6. The van der Waals surface area contributed by atoms with Gasteiger partial charge in [0.2, 0.25) is 0 Å². The van der Waals surface area contributed by atoms with E-state index in [2.05, 4.69) is 10.3 Å². The number of hydrogen-bond acceptors (Lipinski definition) is 4. The lowest BCUT2D eigenvalue weighted by atomic mass is 10.3. The van der Waals surface area contributed by atoms with E-state index in [1.54, 1.807) is 0 Å². The average molecular weight is 185 g/mol. The van der Waals surface area contributed by atoms with Crippen LogP contribution in [-0.2, 0) is 9.53 Å². The number of carbonyl (C=O) groups excluding carboxylic acids is 1. The van der Waals surface area contributed by atoms with Gasteiger partial charge < -0.3 is 9.64 Å². The molecule has 0 aromatic rings. The van der Waals surface area contributed by atoms with Gasteiger partial charge in [-0.15, -0.1) is 0 Å². The number of nitrogens with zero attached hydrogens (tertiary/aromatic N) is 1. The van der Waals surface area contributed by atoms with Gasteiger partial charge in [0.1, 0.15) is 0 Å². The summed E-state index contributed by atoms with van der Waals surface area (Å²) in [5, 5.41) is 0. The van der Waals surface area contributed by atoms with E-state index in [1.807, 2.05) is 6.92 Å². The first-order valence-corrected chi connectivity index (χ1v) is 4.25. The molecule has 1 amide bonds. The van der Waals surface area contributed by atoms with Gasteiger partial charge in [-0.3, -0.25) is 10.2 Å². The zero-order chi connectivity index (χ0) is 9.68. The highest BCUT2D eigenvalue weighted by molar-refractivity contribution is 5.87. The predicted molar refractivity (Wildman–Crippen MR) is 48.5 cm³/mol. The summed E-state index contributed by atoms with van der Waals surface area (Å²) in [6.07, 6.45) is 1.49. The van der Waals surface area contributed by atoms with Crippen LogP contribution in [0.25, 0.3) is 0 Å². The molecule has 0 bridgehead atoms. The van der Waals surface area contributed by atoms with Crippen molar-refractivity contribution in [2.45, 2.75) is 6.92 Å². The molecule has 74 valence electrons. The molecule has 0 radical (unpaired) electrons. The van der Waals surface area contributed by atoms with Crippen LogP contribution in [0.2, 0.25) is 0 Å². The number of amides is 1. The molecule has 0 aliphatic carbocycles. The zero-order valence-electron chi connectivity index (χ0n) is 7.75. The second kappa shape index (κ2) is 4.84. The van der Waals surface area contributed by atoms with Gasteiger partial charge in [-0.05, 0) is 6.92 Å². The minimum atomic E-state index is -0.274. The Labute approximate surface area is 77.5 Å². The fraction of sp³-hybridized carbons (Fsp3) is 0.625. The third-order valence-electron chi connectivity index (χ3n) is 1.99. The van der Waals surface area contributed by atoms with E-state index >= 15 is 0 Å². The summed E-state index contributed by atoms with van der Waals surface area (Å²) in [6, 6.07) is 0. The molecule has 1 aliphatic rings. The maximum absolute atomic E-state index is 10.9. The zero-order valence-corrected chi connectivity index (χ0v) is 7.75. The van der Waals surface area contributed by atoms with E-state index in [0.29, 0.717) is 0 Å². The molecule has 0 atom stereocenters. The molecular weight excluding hydrogens is 170 g/mol. The third-order valence-corrected chi connectivity index (χ3v) is 1.99. The number of nitrogens with one attached hydrogen (secondary N) is 1. The molecule has 13 heavy (non-hydrogen) atoms. The smallest absolute Gasteiger partial charge is 0.259 e. The van der Waals surface area contributed by atoms with Crippen molar-refractivity contribution < 1.29 is 9.53 Å². The monoisotopic (exact) mass is 185 g/mol. The van der Waals surface area contributed by atoms with Crippen molar-refractivity contribution in [1.29, 1.82) is 0 Å². The Morgan fingerprint density at radius 2 is 2.15 bits per heavy atom. The molecule has 5 nitrogen and oxygen atoms in total. The summed E-state index contributed by atoms with van der Waals surface area (Å²) in [5.74, 6) is 4.69. The molecule has 0 saturated carbocycles. The second-order valence-electron chi connectivity index (χ2n) is 2.89. The summed E-state index contributed by atoms with van der Waals surface area (Å²) in [6.45, 7) is 4.99. The van der Waals surface area contributed by atoms with Crippen LogP contribution < -0.4 is 11.3 Å². The van der Waals surface area contributed by atoms with Gasteiger partial charge in [-0.1, -0.05) is 0 Å². The standard InChI is InChI=1S/C8H15N3O2/c1-7(6-8(12)10-9)11-2-4-13-5-3-11/h6H,2-5,9H2,1H3,(H,10,12)/b7-6-. The Morgan fingerprint density at radius 3 is 2.69 bits per heavy atom. The van der Waals surface area contributed by atoms with E-state index in [-0.39, 0.29) is 5.91 Å². The number of morpholine rings is 1. The summed E-state index contributed by atoms with van der Waals surface area (Å²) in [7, 11) is 0. The van der Waals surface area contributed by atoms with Crippen LogP contribution in [-0.4, -0.2) is 37.1 Å². The van der Waals surface area contributed by atoms with Crippen LogP contribution in [0.15, 0.2) is 11.8 Å². The van der Waals surface area contributed by atoms with Crippen molar-refractivity contribution in [1.82, 2.24) is 10.3 Å². The lowest BCUT2D eigenvalue weighted by molar-refractivity contribution is -0.116. The Kier molecular flexibility index (Phi) is 3.72. The average Bonchev–Trinajstić information content (AvgIpc) is 2.19. The van der Waals surface area contributed by atoms with Crippen LogP contribution in [0, 0.1) is 0 Å². The van der Waals surface area contributed by atoms with E-state index in [4.69, 9.17) is 10.6 Å². The lowest BCUT2D eigenvalue weighted by Gasteiger charge is -2.29. The molecule has 1 aliphatic heterocycles. The molecule has 3 N–H and O–H groups in total. The SMILES string of the molecule is C/C(=C/C(=O)NN)N1CCOCC1. The summed E-state index contributed by atoms with van der Waals surface area (Å²) < 4.78 is 5.19. The molecular formula is C8H15N3O2. The quantitative estimate of drug-likeness (QED) is 0.256. The Morgan fingerprint density at radius 1 is 1.54 bits per heavy atom. The van der Waals surface area contributed by atoms with Crippen molar-refractivity contribution in [2.24, 2.45) is 5.84 Å². The highest BCUT2D eigenvalue weighted by Gasteiger charge is 2.10. The van der Waals surface area contributed by atoms with Gasteiger partial charge >= 0.3 is 0 Å². The van der Waals surface area contributed by atoms with Crippen LogP contribution >= 0.6 is 0 Å². The molecule has 1 rings (SSSR count). The van der Waals surface area contributed by atoms with Gasteiger partial charge in [-0.25, -0.2) is 5.84 Å².